The molecule has 0 saturated heterocycles. The van der Waals surface area contributed by atoms with Gasteiger partial charge in [0.1, 0.15) is 11.6 Å². The van der Waals surface area contributed by atoms with Crippen molar-refractivity contribution in [3.8, 4) is 28.6 Å². The molecule has 1 heterocycles. The summed E-state index contributed by atoms with van der Waals surface area (Å²) in [6.07, 6.45) is 1.54. The van der Waals surface area contributed by atoms with E-state index in [9.17, 15) is 9.90 Å². The molecule has 3 aromatic carbocycles. The van der Waals surface area contributed by atoms with Crippen LogP contribution in [0.4, 0.5) is 0 Å². The Hall–Kier alpha value is -4.33. The van der Waals surface area contributed by atoms with Crippen LogP contribution < -0.4 is 14.9 Å². The normalized spacial score (nSPS) is 11.1. The number of amides is 1. The van der Waals surface area contributed by atoms with Crippen LogP contribution in [0.1, 0.15) is 29.8 Å². The number of aromatic amines is 1. The number of rotatable bonds is 8. The molecule has 8 heteroatoms. The summed E-state index contributed by atoms with van der Waals surface area (Å²) in [5.74, 6) is 1.59. The number of carbonyl (C=O) groups is 1. The van der Waals surface area contributed by atoms with Gasteiger partial charge in [-0.3, -0.25) is 4.79 Å². The van der Waals surface area contributed by atoms with Crippen LogP contribution in [0, 0.1) is 0 Å². The van der Waals surface area contributed by atoms with Crippen LogP contribution in [-0.2, 0) is 0 Å². The Labute approximate surface area is 190 Å². The Morgan fingerprint density at radius 3 is 2.64 bits per heavy atom. The quantitative estimate of drug-likeness (QED) is 0.274. The Morgan fingerprint density at radius 1 is 1.06 bits per heavy atom. The topological polar surface area (TPSA) is 109 Å². The molecule has 0 aliphatic carbocycles. The van der Waals surface area contributed by atoms with Crippen molar-refractivity contribution in [2.45, 2.75) is 13.8 Å². The molecule has 0 fully saturated rings. The number of hydrogen-bond acceptors (Lipinski definition) is 6. The minimum absolute atomic E-state index is 0.130. The van der Waals surface area contributed by atoms with Crippen LogP contribution in [0.15, 0.2) is 65.8 Å². The van der Waals surface area contributed by atoms with Crippen molar-refractivity contribution in [3.05, 3.63) is 71.8 Å². The van der Waals surface area contributed by atoms with Crippen LogP contribution >= 0.6 is 0 Å². The van der Waals surface area contributed by atoms with Gasteiger partial charge in [-0.1, -0.05) is 12.1 Å². The highest BCUT2D eigenvalue weighted by Crippen LogP contribution is 2.29. The second-order valence-corrected chi connectivity index (χ2v) is 7.11. The molecule has 0 spiro atoms. The van der Waals surface area contributed by atoms with Crippen LogP contribution in [0.5, 0.6) is 17.2 Å². The molecule has 0 aliphatic rings. The smallest absolute Gasteiger partial charge is 0.271 e. The third-order valence-corrected chi connectivity index (χ3v) is 4.85. The molecule has 1 aromatic heterocycles. The van der Waals surface area contributed by atoms with Gasteiger partial charge in [-0.25, -0.2) is 10.4 Å². The number of aromatic hydroxyl groups is 1. The third kappa shape index (κ3) is 4.95. The fourth-order valence-electron chi connectivity index (χ4n) is 3.33. The Morgan fingerprint density at radius 2 is 1.85 bits per heavy atom. The molecule has 33 heavy (non-hydrogen) atoms. The molecule has 0 saturated carbocycles. The van der Waals surface area contributed by atoms with Crippen LogP contribution in [0.25, 0.3) is 22.4 Å². The van der Waals surface area contributed by atoms with Crippen molar-refractivity contribution in [3.63, 3.8) is 0 Å². The molecule has 4 aromatic rings. The zero-order valence-corrected chi connectivity index (χ0v) is 18.3. The number of fused-ring (bicyclic) bond motifs is 1. The number of ether oxygens (including phenoxy) is 2. The van der Waals surface area contributed by atoms with Gasteiger partial charge in [0.2, 0.25) is 0 Å². The van der Waals surface area contributed by atoms with E-state index >= 15 is 0 Å². The second kappa shape index (κ2) is 9.86. The lowest BCUT2D eigenvalue weighted by Gasteiger charge is -2.11. The lowest BCUT2D eigenvalue weighted by molar-refractivity contribution is 0.0955. The number of phenols is 1. The number of para-hydroxylation sites is 1. The first-order chi connectivity index (χ1) is 16.1. The highest BCUT2D eigenvalue weighted by Gasteiger charge is 2.12. The molecule has 0 aliphatic heterocycles. The number of hydrazone groups is 1. The molecular weight excluding hydrogens is 420 g/mol. The zero-order chi connectivity index (χ0) is 23.2. The maximum absolute atomic E-state index is 12.6. The number of carbonyl (C=O) groups excluding carboxylic acids is 1. The number of benzene rings is 3. The minimum Gasteiger partial charge on any atom is -0.507 e. The standard InChI is InChI=1S/C25H24N4O4/c1-3-32-22-12-9-16(13-23(22)33-4-2)15-26-29-25(31)17-10-11-19-20(14-17)28-24(27-19)18-7-5-6-8-21(18)30/h5-15,30H,3-4H2,1-2H3,(H,27,28)(H,29,31)/b26-15+. The van der Waals surface area contributed by atoms with Crippen molar-refractivity contribution in [1.29, 1.82) is 0 Å². The summed E-state index contributed by atoms with van der Waals surface area (Å²) in [6, 6.07) is 17.5. The summed E-state index contributed by atoms with van der Waals surface area (Å²) >= 11 is 0. The second-order valence-electron chi connectivity index (χ2n) is 7.11. The van der Waals surface area contributed by atoms with Gasteiger partial charge < -0.3 is 19.6 Å². The molecular formula is C25H24N4O4. The monoisotopic (exact) mass is 444 g/mol. The first-order valence-corrected chi connectivity index (χ1v) is 10.6. The van der Waals surface area contributed by atoms with Crippen molar-refractivity contribution in [2.75, 3.05) is 13.2 Å². The average Bonchev–Trinajstić information content (AvgIpc) is 3.24. The summed E-state index contributed by atoms with van der Waals surface area (Å²) in [6.45, 7) is 4.86. The molecule has 4 rings (SSSR count). The minimum atomic E-state index is -0.358. The maximum atomic E-state index is 12.6. The number of nitrogens with zero attached hydrogens (tertiary/aromatic N) is 2. The van der Waals surface area contributed by atoms with Crippen LogP contribution in [0.3, 0.4) is 0 Å². The fraction of sp³-hybridized carbons (Fsp3) is 0.160. The Balaban J connectivity index is 1.48. The van der Waals surface area contributed by atoms with E-state index < -0.39 is 0 Å². The number of hydrogen-bond donors (Lipinski definition) is 3. The molecule has 8 nitrogen and oxygen atoms in total. The summed E-state index contributed by atoms with van der Waals surface area (Å²) in [5.41, 5.74) is 5.68. The summed E-state index contributed by atoms with van der Waals surface area (Å²) in [7, 11) is 0. The van der Waals surface area contributed by atoms with Gasteiger partial charge in [-0.2, -0.15) is 5.10 Å². The largest absolute Gasteiger partial charge is 0.507 e. The number of aromatic nitrogens is 2. The summed E-state index contributed by atoms with van der Waals surface area (Å²) in [4.78, 5) is 20.2. The first-order valence-electron chi connectivity index (χ1n) is 10.6. The molecule has 3 N–H and O–H groups in total. The van der Waals surface area contributed by atoms with E-state index in [0.717, 1.165) is 5.56 Å². The molecule has 0 radical (unpaired) electrons. The Bertz CT molecular complexity index is 1310. The number of imidazole rings is 1. The van der Waals surface area contributed by atoms with Gasteiger partial charge in [-0.05, 0) is 67.9 Å². The zero-order valence-electron chi connectivity index (χ0n) is 18.3. The van der Waals surface area contributed by atoms with Crippen molar-refractivity contribution < 1.29 is 19.4 Å². The van der Waals surface area contributed by atoms with E-state index in [0.29, 0.717) is 52.7 Å². The Kier molecular flexibility index (Phi) is 6.54. The molecule has 168 valence electrons. The highest BCUT2D eigenvalue weighted by atomic mass is 16.5. The lowest BCUT2D eigenvalue weighted by Crippen LogP contribution is -2.17. The van der Waals surface area contributed by atoms with E-state index in [1.807, 2.05) is 32.0 Å². The van der Waals surface area contributed by atoms with Crippen LogP contribution in [0.2, 0.25) is 0 Å². The van der Waals surface area contributed by atoms with Gasteiger partial charge in [0.05, 0.1) is 36.0 Å². The number of nitrogens with one attached hydrogen (secondary N) is 2. The number of phenolic OH excluding ortho intramolecular Hbond substituents is 1. The third-order valence-electron chi connectivity index (χ3n) is 4.85. The van der Waals surface area contributed by atoms with E-state index in [-0.39, 0.29) is 11.7 Å². The molecule has 0 atom stereocenters. The molecule has 0 bridgehead atoms. The maximum Gasteiger partial charge on any atom is 0.271 e. The van der Waals surface area contributed by atoms with E-state index in [1.165, 1.54) is 0 Å². The van der Waals surface area contributed by atoms with Crippen molar-refractivity contribution >= 4 is 23.2 Å². The van der Waals surface area contributed by atoms with E-state index in [2.05, 4.69) is 20.5 Å². The van der Waals surface area contributed by atoms with E-state index in [4.69, 9.17) is 9.47 Å². The fourth-order valence-corrected chi connectivity index (χ4v) is 3.33. The van der Waals surface area contributed by atoms with Gasteiger partial charge in [0.15, 0.2) is 11.5 Å². The first kappa shape index (κ1) is 21.9. The van der Waals surface area contributed by atoms with Crippen LogP contribution in [-0.4, -0.2) is 40.4 Å². The van der Waals surface area contributed by atoms with E-state index in [1.54, 1.807) is 48.7 Å². The molecule has 0 unspecified atom stereocenters. The van der Waals surface area contributed by atoms with Gasteiger partial charge in [0, 0.05) is 5.56 Å². The van der Waals surface area contributed by atoms with Gasteiger partial charge >= 0.3 is 0 Å². The summed E-state index contributed by atoms with van der Waals surface area (Å²) in [5, 5.41) is 14.1. The highest BCUT2D eigenvalue weighted by molar-refractivity contribution is 5.98. The summed E-state index contributed by atoms with van der Waals surface area (Å²) < 4.78 is 11.2. The lowest BCUT2D eigenvalue weighted by atomic mass is 10.2. The SMILES string of the molecule is CCOc1ccc(/C=N/NC(=O)c2ccc3nc(-c4ccccc4O)[nH]c3c2)cc1OCC. The predicted octanol–water partition coefficient (Wildman–Crippen LogP) is 4.50. The average molecular weight is 444 g/mol. The predicted molar refractivity (Wildman–Crippen MR) is 127 cm³/mol. The van der Waals surface area contributed by atoms with Crippen molar-refractivity contribution in [1.82, 2.24) is 15.4 Å². The van der Waals surface area contributed by atoms with Gasteiger partial charge in [0.25, 0.3) is 5.91 Å². The molecule has 1 amide bonds. The van der Waals surface area contributed by atoms with Gasteiger partial charge in [-0.15, -0.1) is 0 Å². The number of H-pyrrole nitrogens is 1. The van der Waals surface area contributed by atoms with Crippen molar-refractivity contribution in [2.24, 2.45) is 5.10 Å².